The second kappa shape index (κ2) is 4.04. The number of hydrazine groups is 1. The highest BCUT2D eigenvalue weighted by atomic mass is 15.6. The summed E-state index contributed by atoms with van der Waals surface area (Å²) in [6.07, 6.45) is 0. The van der Waals surface area contributed by atoms with Gasteiger partial charge in [0.25, 0.3) is 0 Å². The quantitative estimate of drug-likeness (QED) is 0.568. The zero-order valence-electron chi connectivity index (χ0n) is 7.58. The van der Waals surface area contributed by atoms with E-state index < -0.39 is 0 Å². The topological polar surface area (TPSA) is 9.72 Å². The summed E-state index contributed by atoms with van der Waals surface area (Å²) in [4.78, 5) is 2.35. The maximum absolute atomic E-state index is 3.95. The Bertz CT molecular complexity index is 108. The molecule has 1 aliphatic rings. The summed E-state index contributed by atoms with van der Waals surface area (Å²) in [5.74, 6) is 0. The van der Waals surface area contributed by atoms with E-state index in [1.54, 1.807) is 0 Å². The van der Waals surface area contributed by atoms with Gasteiger partial charge in [-0.15, -0.1) is 0 Å². The van der Waals surface area contributed by atoms with Gasteiger partial charge in [-0.1, -0.05) is 6.92 Å². The first-order chi connectivity index (χ1) is 5.24. The molecule has 1 aliphatic heterocycles. The van der Waals surface area contributed by atoms with Crippen LogP contribution in [0.15, 0.2) is 0 Å². The summed E-state index contributed by atoms with van der Waals surface area (Å²) in [6, 6.07) is 0. The molecular weight excluding hydrogens is 138 g/mol. The minimum Gasteiger partial charge on any atom is -0.304 e. The Kier molecular flexibility index (Phi) is 3.30. The fraction of sp³-hybridized carbons (Fsp3) is 0.875. The zero-order valence-corrected chi connectivity index (χ0v) is 7.58. The summed E-state index contributed by atoms with van der Waals surface area (Å²) in [6.45, 7) is 7.69. The molecule has 65 valence electrons. The third-order valence-corrected chi connectivity index (χ3v) is 2.24. The molecule has 0 atom stereocenters. The predicted octanol–water partition coefficient (Wildman–Crippen LogP) is 0.262. The van der Waals surface area contributed by atoms with E-state index in [4.69, 9.17) is 0 Å². The van der Waals surface area contributed by atoms with E-state index in [0.717, 1.165) is 32.7 Å². The Morgan fingerprint density at radius 1 is 1.27 bits per heavy atom. The van der Waals surface area contributed by atoms with Crippen LogP contribution in [0.1, 0.15) is 6.92 Å². The summed E-state index contributed by atoms with van der Waals surface area (Å²) < 4.78 is 0. The van der Waals surface area contributed by atoms with Crippen molar-refractivity contribution in [1.29, 1.82) is 0 Å². The van der Waals surface area contributed by atoms with Crippen molar-refractivity contribution in [3.8, 4) is 0 Å². The van der Waals surface area contributed by atoms with E-state index in [9.17, 15) is 0 Å². The number of hydrogen-bond donors (Lipinski definition) is 0. The lowest BCUT2D eigenvalue weighted by atomic mass is 10.4. The lowest BCUT2D eigenvalue weighted by molar-refractivity contribution is -0.0145. The minimum atomic E-state index is 1.00. The smallest absolute Gasteiger partial charge is 0.0275 e. The molecule has 1 saturated heterocycles. The van der Waals surface area contributed by atoms with E-state index in [0.29, 0.717) is 0 Å². The second-order valence-corrected chi connectivity index (χ2v) is 3.08. The van der Waals surface area contributed by atoms with Gasteiger partial charge in [0.1, 0.15) is 0 Å². The zero-order chi connectivity index (χ0) is 8.27. The highest BCUT2D eigenvalue weighted by Gasteiger charge is 2.15. The monoisotopic (exact) mass is 156 g/mol. The third kappa shape index (κ3) is 2.43. The van der Waals surface area contributed by atoms with Gasteiger partial charge in [0, 0.05) is 39.8 Å². The molecule has 11 heavy (non-hydrogen) atoms. The van der Waals surface area contributed by atoms with Gasteiger partial charge in [-0.05, 0) is 7.05 Å². The molecule has 0 aliphatic carbocycles. The van der Waals surface area contributed by atoms with Crippen molar-refractivity contribution in [2.75, 3.05) is 39.8 Å². The molecule has 0 aromatic rings. The molecule has 0 aromatic carbocycles. The number of likely N-dealkylation sites (N-methyl/N-ethyl adjacent to an activating group) is 1. The molecule has 0 unspecified atom stereocenters. The van der Waals surface area contributed by atoms with Crippen molar-refractivity contribution in [1.82, 2.24) is 14.9 Å². The van der Waals surface area contributed by atoms with E-state index in [-0.39, 0.29) is 0 Å². The molecule has 1 rings (SSSR count). The number of piperazine rings is 1. The van der Waals surface area contributed by atoms with Crippen LogP contribution in [-0.4, -0.2) is 54.7 Å². The molecule has 1 heterocycles. The predicted molar refractivity (Wildman–Crippen MR) is 46.8 cm³/mol. The van der Waals surface area contributed by atoms with Gasteiger partial charge < -0.3 is 4.90 Å². The summed E-state index contributed by atoms with van der Waals surface area (Å²) in [7, 11) is 6.11. The van der Waals surface area contributed by atoms with Gasteiger partial charge in [0.15, 0.2) is 0 Å². The molecular formula is C8H18N3. The fourth-order valence-electron chi connectivity index (χ4n) is 1.28. The largest absolute Gasteiger partial charge is 0.304 e. The van der Waals surface area contributed by atoms with Gasteiger partial charge in [-0.25, -0.2) is 10.0 Å². The normalized spacial score (nSPS) is 22.9. The molecule has 0 amide bonds. The summed E-state index contributed by atoms with van der Waals surface area (Å²) >= 11 is 0. The van der Waals surface area contributed by atoms with Crippen molar-refractivity contribution in [2.24, 2.45) is 0 Å². The van der Waals surface area contributed by atoms with Crippen LogP contribution in [0, 0.1) is 7.05 Å². The molecule has 0 spiro atoms. The van der Waals surface area contributed by atoms with Gasteiger partial charge in [0.2, 0.25) is 0 Å². The lowest BCUT2D eigenvalue weighted by Gasteiger charge is -2.37. The maximum Gasteiger partial charge on any atom is 0.0275 e. The van der Waals surface area contributed by atoms with E-state index in [1.165, 1.54) is 0 Å². The van der Waals surface area contributed by atoms with Crippen LogP contribution in [0.25, 0.3) is 0 Å². The van der Waals surface area contributed by atoms with Crippen molar-refractivity contribution in [3.05, 3.63) is 7.05 Å². The van der Waals surface area contributed by atoms with E-state index in [1.807, 2.05) is 5.01 Å². The summed E-state index contributed by atoms with van der Waals surface area (Å²) in [5.41, 5.74) is 0. The number of hydrogen-bond acceptors (Lipinski definition) is 3. The van der Waals surface area contributed by atoms with Crippen molar-refractivity contribution in [2.45, 2.75) is 6.92 Å². The van der Waals surface area contributed by atoms with Gasteiger partial charge >= 0.3 is 0 Å². The van der Waals surface area contributed by atoms with Crippen LogP contribution in [0.4, 0.5) is 0 Å². The Morgan fingerprint density at radius 3 is 2.27 bits per heavy atom. The van der Waals surface area contributed by atoms with Crippen LogP contribution in [-0.2, 0) is 0 Å². The molecule has 3 heteroatoms. The minimum absolute atomic E-state index is 1.00. The molecule has 1 radical (unpaired) electrons. The van der Waals surface area contributed by atoms with Gasteiger partial charge in [-0.3, -0.25) is 0 Å². The highest BCUT2D eigenvalue weighted by Crippen LogP contribution is 2.01. The molecule has 0 saturated carbocycles. The molecule has 1 fully saturated rings. The molecule has 0 N–H and O–H groups in total. The first-order valence-corrected chi connectivity index (χ1v) is 4.25. The first-order valence-electron chi connectivity index (χ1n) is 4.25. The van der Waals surface area contributed by atoms with E-state index >= 15 is 0 Å². The Balaban J connectivity index is 2.27. The average Bonchev–Trinajstić information content (AvgIpc) is 2.05. The van der Waals surface area contributed by atoms with Gasteiger partial charge in [-0.2, -0.15) is 0 Å². The molecule has 0 bridgehead atoms. The van der Waals surface area contributed by atoms with Crippen LogP contribution in [0.5, 0.6) is 0 Å². The Hall–Kier alpha value is -0.120. The fourth-order valence-corrected chi connectivity index (χ4v) is 1.28. The lowest BCUT2D eigenvalue weighted by Crippen LogP contribution is -2.50. The molecule has 0 aromatic heterocycles. The third-order valence-electron chi connectivity index (χ3n) is 2.24. The first kappa shape index (κ1) is 8.97. The maximum atomic E-state index is 3.95. The van der Waals surface area contributed by atoms with Crippen molar-refractivity contribution in [3.63, 3.8) is 0 Å². The second-order valence-electron chi connectivity index (χ2n) is 3.08. The highest BCUT2D eigenvalue weighted by molar-refractivity contribution is 4.67. The molecule has 3 nitrogen and oxygen atoms in total. The number of nitrogens with zero attached hydrogens (tertiary/aromatic N) is 3. The summed E-state index contributed by atoms with van der Waals surface area (Å²) in [5, 5.41) is 4.35. The van der Waals surface area contributed by atoms with Crippen molar-refractivity contribution < 1.29 is 0 Å². The van der Waals surface area contributed by atoms with Crippen LogP contribution in [0.3, 0.4) is 0 Å². The standard InChI is InChI=1S/C8H18N3/c1-4-10(3)11-7-5-9(2)6-8-11/h3-8H2,1-2H3. The van der Waals surface area contributed by atoms with Gasteiger partial charge in [0.05, 0.1) is 0 Å². The Morgan fingerprint density at radius 2 is 1.82 bits per heavy atom. The van der Waals surface area contributed by atoms with Crippen LogP contribution >= 0.6 is 0 Å². The average molecular weight is 156 g/mol. The van der Waals surface area contributed by atoms with Crippen LogP contribution in [0.2, 0.25) is 0 Å². The van der Waals surface area contributed by atoms with Crippen LogP contribution < -0.4 is 0 Å². The SMILES string of the molecule is [CH2]N(CC)N1CCN(C)CC1. The number of rotatable bonds is 2. The van der Waals surface area contributed by atoms with Crippen molar-refractivity contribution >= 4 is 0 Å². The van der Waals surface area contributed by atoms with E-state index in [2.05, 4.69) is 30.9 Å². The Labute approximate surface area is 69.5 Å².